The zero-order chi connectivity index (χ0) is 17.8. The van der Waals surface area contributed by atoms with Crippen molar-refractivity contribution in [1.82, 2.24) is 4.31 Å². The van der Waals surface area contributed by atoms with Gasteiger partial charge in [-0.2, -0.15) is 0 Å². The van der Waals surface area contributed by atoms with E-state index in [2.05, 4.69) is 0 Å². The summed E-state index contributed by atoms with van der Waals surface area (Å²) in [7, 11) is -2.66. The molecule has 2 aromatic carbocycles. The Bertz CT molecular complexity index is 1160. The van der Waals surface area contributed by atoms with Crippen LogP contribution in [0.15, 0.2) is 69.8 Å². The van der Waals surface area contributed by atoms with E-state index in [0.717, 1.165) is 9.69 Å². The number of carbonyl (C=O) groups is 1. The zero-order valence-electron chi connectivity index (χ0n) is 13.1. The highest BCUT2D eigenvalue weighted by Gasteiger charge is 2.39. The van der Waals surface area contributed by atoms with Crippen LogP contribution in [0.5, 0.6) is 0 Å². The average Bonchev–Trinajstić information content (AvgIpc) is 3.08. The van der Waals surface area contributed by atoms with Crippen LogP contribution >= 0.6 is 0 Å². The van der Waals surface area contributed by atoms with Crippen molar-refractivity contribution < 1.29 is 22.7 Å². The second kappa shape index (κ2) is 5.22. The molecule has 0 unspecified atom stereocenters. The third kappa shape index (κ3) is 2.16. The van der Waals surface area contributed by atoms with Gasteiger partial charge in [-0.3, -0.25) is 9.10 Å². The molecule has 2 heterocycles. The number of rotatable bonds is 1. The van der Waals surface area contributed by atoms with Crippen molar-refractivity contribution in [3.63, 3.8) is 0 Å². The van der Waals surface area contributed by atoms with Crippen LogP contribution in [0.2, 0.25) is 0 Å². The molecule has 0 aliphatic carbocycles. The number of fused-ring (bicyclic) bond motifs is 2. The quantitative estimate of drug-likeness (QED) is 0.535. The minimum atomic E-state index is -3.91. The summed E-state index contributed by atoms with van der Waals surface area (Å²) >= 11 is 0. The van der Waals surface area contributed by atoms with E-state index in [-0.39, 0.29) is 16.2 Å². The average molecular weight is 355 g/mol. The Morgan fingerprint density at radius 1 is 1.12 bits per heavy atom. The lowest BCUT2D eigenvalue weighted by atomic mass is 10.0. The lowest BCUT2D eigenvalue weighted by molar-refractivity contribution is 0.100. The van der Waals surface area contributed by atoms with Gasteiger partial charge in [-0.25, -0.2) is 8.42 Å². The molecular weight excluding hydrogens is 342 g/mol. The van der Waals surface area contributed by atoms with Crippen LogP contribution < -0.4 is 0 Å². The van der Waals surface area contributed by atoms with Gasteiger partial charge in [-0.1, -0.05) is 12.1 Å². The molecule has 0 atom stereocenters. The lowest BCUT2D eigenvalue weighted by Crippen LogP contribution is -2.37. The standard InChI is InChI=1S/C18H13NO5S/c1-19-16(17(20)12-6-7-14-11(10-12)8-9-24-14)18(21)13-4-2-3-5-15(13)25(19,22)23/h2-10,20H,1H3. The van der Waals surface area contributed by atoms with E-state index in [1.54, 1.807) is 36.4 Å². The molecule has 25 heavy (non-hydrogen) atoms. The molecule has 0 radical (unpaired) electrons. The molecule has 1 N–H and O–H groups in total. The van der Waals surface area contributed by atoms with Crippen LogP contribution in [0.4, 0.5) is 0 Å². The number of hydrogen-bond acceptors (Lipinski definition) is 5. The number of nitrogens with zero attached hydrogens (tertiary/aromatic N) is 1. The van der Waals surface area contributed by atoms with Crippen molar-refractivity contribution >= 4 is 32.5 Å². The molecule has 1 aliphatic heterocycles. The Labute approximate surface area is 143 Å². The summed E-state index contributed by atoms with van der Waals surface area (Å²) in [5.74, 6) is -0.939. The Balaban J connectivity index is 1.97. The molecule has 0 bridgehead atoms. The molecule has 0 saturated heterocycles. The number of ketones is 1. The number of benzene rings is 2. The first kappa shape index (κ1) is 15.5. The fourth-order valence-electron chi connectivity index (χ4n) is 2.92. The fraction of sp³-hybridized carbons (Fsp3) is 0.0556. The summed E-state index contributed by atoms with van der Waals surface area (Å²) in [5.41, 5.74) is 0.731. The first-order valence-corrected chi connectivity index (χ1v) is 8.89. The van der Waals surface area contributed by atoms with E-state index in [9.17, 15) is 18.3 Å². The second-order valence-electron chi connectivity index (χ2n) is 5.67. The minimum absolute atomic E-state index is 0.0477. The maximum absolute atomic E-state index is 12.8. The Hall–Kier alpha value is -3.06. The first-order valence-electron chi connectivity index (χ1n) is 7.45. The monoisotopic (exact) mass is 355 g/mol. The molecule has 6 nitrogen and oxygen atoms in total. The lowest BCUT2D eigenvalue weighted by Gasteiger charge is -2.28. The van der Waals surface area contributed by atoms with Gasteiger partial charge in [0.15, 0.2) is 5.76 Å². The van der Waals surface area contributed by atoms with E-state index in [0.29, 0.717) is 11.1 Å². The highest BCUT2D eigenvalue weighted by molar-refractivity contribution is 7.89. The Morgan fingerprint density at radius 3 is 2.68 bits per heavy atom. The van der Waals surface area contributed by atoms with E-state index < -0.39 is 21.6 Å². The van der Waals surface area contributed by atoms with Crippen LogP contribution in [-0.4, -0.2) is 30.7 Å². The zero-order valence-corrected chi connectivity index (χ0v) is 13.9. The van der Waals surface area contributed by atoms with Gasteiger partial charge < -0.3 is 9.52 Å². The number of furan rings is 1. The molecule has 7 heteroatoms. The number of carbonyl (C=O) groups excluding carboxylic acids is 1. The van der Waals surface area contributed by atoms with Crippen LogP contribution in [0.1, 0.15) is 15.9 Å². The van der Waals surface area contributed by atoms with Gasteiger partial charge in [0, 0.05) is 23.6 Å². The predicted molar refractivity (Wildman–Crippen MR) is 91.5 cm³/mol. The van der Waals surface area contributed by atoms with Crippen LogP contribution in [0, 0.1) is 0 Å². The van der Waals surface area contributed by atoms with Gasteiger partial charge in [-0.15, -0.1) is 0 Å². The predicted octanol–water partition coefficient (Wildman–Crippen LogP) is 3.18. The summed E-state index contributed by atoms with van der Waals surface area (Å²) in [4.78, 5) is 12.7. The summed E-state index contributed by atoms with van der Waals surface area (Å²) in [6, 6.07) is 12.5. The van der Waals surface area contributed by atoms with Gasteiger partial charge in [0.1, 0.15) is 11.3 Å². The summed E-state index contributed by atoms with van der Waals surface area (Å²) in [5, 5.41) is 11.4. The third-order valence-electron chi connectivity index (χ3n) is 4.25. The van der Waals surface area contributed by atoms with Crippen LogP contribution in [-0.2, 0) is 10.0 Å². The molecule has 0 spiro atoms. The van der Waals surface area contributed by atoms with Crippen molar-refractivity contribution in [2.45, 2.75) is 4.90 Å². The highest BCUT2D eigenvalue weighted by Crippen LogP contribution is 2.34. The molecule has 1 aromatic heterocycles. The van der Waals surface area contributed by atoms with Crippen molar-refractivity contribution in [2.24, 2.45) is 0 Å². The van der Waals surface area contributed by atoms with E-state index in [1.165, 1.54) is 25.4 Å². The number of aliphatic hydroxyl groups excluding tert-OH is 1. The fourth-order valence-corrected chi connectivity index (χ4v) is 4.32. The molecule has 1 aliphatic rings. The Morgan fingerprint density at radius 2 is 1.88 bits per heavy atom. The SMILES string of the molecule is CN1C(=C(O)c2ccc3occc3c2)C(=O)c2ccccc2S1(=O)=O. The van der Waals surface area contributed by atoms with Crippen molar-refractivity contribution in [1.29, 1.82) is 0 Å². The minimum Gasteiger partial charge on any atom is -0.505 e. The number of Topliss-reactive ketones (excluding diaryl/α,β-unsaturated/α-hetero) is 1. The molecule has 0 fully saturated rings. The van der Waals surface area contributed by atoms with E-state index >= 15 is 0 Å². The summed E-state index contributed by atoms with van der Waals surface area (Å²) < 4.78 is 31.4. The third-order valence-corrected chi connectivity index (χ3v) is 6.07. The molecule has 126 valence electrons. The maximum atomic E-state index is 12.8. The summed E-state index contributed by atoms with van der Waals surface area (Å²) in [6.45, 7) is 0. The van der Waals surface area contributed by atoms with Crippen molar-refractivity contribution in [2.75, 3.05) is 7.05 Å². The van der Waals surface area contributed by atoms with Crippen LogP contribution in [0.3, 0.4) is 0 Å². The largest absolute Gasteiger partial charge is 0.505 e. The molecule has 3 aromatic rings. The molecular formula is C18H13NO5S. The Kier molecular flexibility index (Phi) is 3.23. The normalized spacial score (nSPS) is 18.3. The van der Waals surface area contributed by atoms with Gasteiger partial charge in [0.2, 0.25) is 5.78 Å². The molecule has 0 saturated carbocycles. The molecule has 4 rings (SSSR count). The highest BCUT2D eigenvalue weighted by atomic mass is 32.2. The van der Waals surface area contributed by atoms with Gasteiger partial charge in [0.05, 0.1) is 11.2 Å². The molecule has 0 amide bonds. The number of likely N-dealkylation sites (N-methyl/N-ethyl adjacent to an activating group) is 1. The second-order valence-corrected chi connectivity index (χ2v) is 7.61. The van der Waals surface area contributed by atoms with Gasteiger partial charge in [0.25, 0.3) is 10.0 Å². The smallest absolute Gasteiger partial charge is 0.265 e. The van der Waals surface area contributed by atoms with Gasteiger partial charge >= 0.3 is 0 Å². The first-order chi connectivity index (χ1) is 11.9. The maximum Gasteiger partial charge on any atom is 0.265 e. The number of sulfonamides is 1. The van der Waals surface area contributed by atoms with Crippen molar-refractivity contribution in [3.05, 3.63) is 71.6 Å². The summed E-state index contributed by atoms with van der Waals surface area (Å²) in [6.07, 6.45) is 1.51. The van der Waals surface area contributed by atoms with E-state index in [4.69, 9.17) is 4.42 Å². The van der Waals surface area contributed by atoms with Gasteiger partial charge in [-0.05, 0) is 36.4 Å². The topological polar surface area (TPSA) is 87.8 Å². The number of aliphatic hydroxyl groups is 1. The number of hydrogen-bond donors (Lipinski definition) is 1. The number of allylic oxidation sites excluding steroid dienone is 1. The van der Waals surface area contributed by atoms with Crippen molar-refractivity contribution in [3.8, 4) is 0 Å². The van der Waals surface area contributed by atoms with Crippen LogP contribution in [0.25, 0.3) is 16.7 Å². The van der Waals surface area contributed by atoms with E-state index in [1.807, 2.05) is 0 Å².